The molecule has 3 nitrogen and oxygen atoms in total. The number of hydrogen-bond donors (Lipinski definition) is 1. The molecule has 1 saturated heterocycles. The highest BCUT2D eigenvalue weighted by Crippen LogP contribution is 2.19. The van der Waals surface area contributed by atoms with E-state index in [9.17, 15) is 0 Å². The number of likely N-dealkylation sites (N-methyl/N-ethyl adjacent to an activating group) is 1. The van der Waals surface area contributed by atoms with Gasteiger partial charge in [-0.25, -0.2) is 0 Å². The smallest absolute Gasteiger partial charge is 0.0495 e. The van der Waals surface area contributed by atoms with Crippen LogP contribution in [0.25, 0.3) is 0 Å². The summed E-state index contributed by atoms with van der Waals surface area (Å²) in [5.41, 5.74) is 1.18. The quantitative estimate of drug-likeness (QED) is 0.818. The molecule has 1 aliphatic heterocycles. The summed E-state index contributed by atoms with van der Waals surface area (Å²) in [7, 11) is 0. The Bertz CT molecular complexity index is 309. The average Bonchev–Trinajstić information content (AvgIpc) is 2.83. The predicted octanol–water partition coefficient (Wildman–Crippen LogP) is 2.03. The lowest BCUT2D eigenvalue weighted by Gasteiger charge is -2.20. The highest BCUT2D eigenvalue weighted by Gasteiger charge is 2.20. The summed E-state index contributed by atoms with van der Waals surface area (Å²) in [5, 5.41) is 3.56. The summed E-state index contributed by atoms with van der Waals surface area (Å²) in [6.07, 6.45) is 5.30. The van der Waals surface area contributed by atoms with Crippen LogP contribution in [0.2, 0.25) is 0 Å². The third kappa shape index (κ3) is 4.10. The molecule has 17 heavy (non-hydrogen) atoms. The molecule has 1 fully saturated rings. The van der Waals surface area contributed by atoms with Gasteiger partial charge in [0.05, 0.1) is 0 Å². The van der Waals surface area contributed by atoms with Crippen LogP contribution in [-0.2, 0) is 11.2 Å². The van der Waals surface area contributed by atoms with Gasteiger partial charge in [0.15, 0.2) is 0 Å². The molecule has 1 N–H and O–H groups in total. The predicted molar refractivity (Wildman–Crippen MR) is 68.9 cm³/mol. The Morgan fingerprint density at radius 1 is 1.53 bits per heavy atom. The number of pyridine rings is 1. The van der Waals surface area contributed by atoms with E-state index >= 15 is 0 Å². The molecular formula is C14H22N2O. The van der Waals surface area contributed by atoms with Crippen LogP contribution >= 0.6 is 0 Å². The molecule has 94 valence electrons. The molecular weight excluding hydrogens is 212 g/mol. The average molecular weight is 234 g/mol. The molecule has 1 aromatic heterocycles. The maximum absolute atomic E-state index is 5.44. The van der Waals surface area contributed by atoms with Crippen LogP contribution in [0.15, 0.2) is 24.4 Å². The van der Waals surface area contributed by atoms with E-state index in [4.69, 9.17) is 4.74 Å². The summed E-state index contributed by atoms with van der Waals surface area (Å²) in [5.74, 6) is 0.725. The zero-order valence-electron chi connectivity index (χ0n) is 10.6. The minimum absolute atomic E-state index is 0.529. The Hall–Kier alpha value is -0.930. The normalized spacial score (nSPS) is 21.6. The van der Waals surface area contributed by atoms with E-state index in [1.165, 1.54) is 18.5 Å². The Morgan fingerprint density at radius 3 is 3.12 bits per heavy atom. The molecule has 0 radical (unpaired) electrons. The highest BCUT2D eigenvalue weighted by atomic mass is 16.5. The molecule has 2 heterocycles. The second kappa shape index (κ2) is 6.72. The largest absolute Gasteiger partial charge is 0.381 e. The Labute approximate surface area is 104 Å². The van der Waals surface area contributed by atoms with E-state index in [0.717, 1.165) is 32.1 Å². The van der Waals surface area contributed by atoms with E-state index in [-0.39, 0.29) is 0 Å². The second-order valence-corrected chi connectivity index (χ2v) is 4.75. The number of ether oxygens (including phenoxy) is 1. The van der Waals surface area contributed by atoms with E-state index in [0.29, 0.717) is 6.04 Å². The summed E-state index contributed by atoms with van der Waals surface area (Å²) in [6.45, 7) is 5.05. The minimum Gasteiger partial charge on any atom is -0.381 e. The summed E-state index contributed by atoms with van der Waals surface area (Å²) >= 11 is 0. The van der Waals surface area contributed by atoms with Crippen LogP contribution in [0, 0.1) is 5.92 Å². The third-order valence-electron chi connectivity index (χ3n) is 3.32. The SMILES string of the molecule is CCNC(Cc1ccccn1)CC1CCOC1. The molecule has 0 spiro atoms. The van der Waals surface area contributed by atoms with Gasteiger partial charge in [0.25, 0.3) is 0 Å². The Morgan fingerprint density at radius 2 is 2.47 bits per heavy atom. The van der Waals surface area contributed by atoms with Crippen molar-refractivity contribution in [2.24, 2.45) is 5.92 Å². The van der Waals surface area contributed by atoms with Crippen molar-refractivity contribution in [1.82, 2.24) is 10.3 Å². The van der Waals surface area contributed by atoms with Crippen molar-refractivity contribution in [3.8, 4) is 0 Å². The van der Waals surface area contributed by atoms with Crippen LogP contribution in [0.4, 0.5) is 0 Å². The topological polar surface area (TPSA) is 34.2 Å². The molecule has 2 atom stereocenters. The van der Waals surface area contributed by atoms with Crippen LogP contribution in [0.3, 0.4) is 0 Å². The lowest BCUT2D eigenvalue weighted by Crippen LogP contribution is -2.33. The van der Waals surface area contributed by atoms with Gasteiger partial charge in [-0.3, -0.25) is 4.98 Å². The first kappa shape index (κ1) is 12.5. The summed E-state index contributed by atoms with van der Waals surface area (Å²) in [6, 6.07) is 6.66. The number of hydrogen-bond acceptors (Lipinski definition) is 3. The van der Waals surface area contributed by atoms with Crippen molar-refractivity contribution < 1.29 is 4.74 Å². The fourth-order valence-corrected chi connectivity index (χ4v) is 2.47. The monoisotopic (exact) mass is 234 g/mol. The van der Waals surface area contributed by atoms with Gasteiger partial charge < -0.3 is 10.1 Å². The first-order valence-corrected chi connectivity index (χ1v) is 6.59. The molecule has 0 aliphatic carbocycles. The van der Waals surface area contributed by atoms with Crippen molar-refractivity contribution in [2.45, 2.75) is 32.2 Å². The number of rotatable bonds is 6. The van der Waals surface area contributed by atoms with Gasteiger partial charge in [-0.1, -0.05) is 13.0 Å². The van der Waals surface area contributed by atoms with Crippen molar-refractivity contribution in [3.05, 3.63) is 30.1 Å². The van der Waals surface area contributed by atoms with Crippen molar-refractivity contribution in [1.29, 1.82) is 0 Å². The summed E-state index contributed by atoms with van der Waals surface area (Å²) < 4.78 is 5.44. The third-order valence-corrected chi connectivity index (χ3v) is 3.32. The van der Waals surface area contributed by atoms with Crippen LogP contribution < -0.4 is 5.32 Å². The van der Waals surface area contributed by atoms with Gasteiger partial charge >= 0.3 is 0 Å². The van der Waals surface area contributed by atoms with Crippen LogP contribution in [0.1, 0.15) is 25.5 Å². The molecule has 2 rings (SSSR count). The van der Waals surface area contributed by atoms with Gasteiger partial charge in [0, 0.05) is 37.6 Å². The maximum atomic E-state index is 5.44. The lowest BCUT2D eigenvalue weighted by atomic mass is 9.96. The van der Waals surface area contributed by atoms with Crippen LogP contribution in [-0.4, -0.2) is 30.8 Å². The fraction of sp³-hybridized carbons (Fsp3) is 0.643. The molecule has 3 heteroatoms. The lowest BCUT2D eigenvalue weighted by molar-refractivity contribution is 0.181. The van der Waals surface area contributed by atoms with Crippen molar-refractivity contribution in [2.75, 3.05) is 19.8 Å². The van der Waals surface area contributed by atoms with Crippen molar-refractivity contribution >= 4 is 0 Å². The second-order valence-electron chi connectivity index (χ2n) is 4.75. The molecule has 0 aromatic carbocycles. The first-order chi connectivity index (χ1) is 8.38. The molecule has 1 aromatic rings. The van der Waals surface area contributed by atoms with Crippen LogP contribution in [0.5, 0.6) is 0 Å². The number of nitrogens with one attached hydrogen (secondary N) is 1. The molecule has 0 amide bonds. The standard InChI is InChI=1S/C14H22N2O/c1-2-15-14(9-12-6-8-17-11-12)10-13-5-3-4-7-16-13/h3-5,7,12,14-15H,2,6,8-11H2,1H3. The number of aromatic nitrogens is 1. The molecule has 0 bridgehead atoms. The zero-order chi connectivity index (χ0) is 11.9. The molecule has 1 aliphatic rings. The summed E-state index contributed by atoms with van der Waals surface area (Å²) in [4.78, 5) is 4.40. The van der Waals surface area contributed by atoms with E-state index in [1.54, 1.807) is 0 Å². The van der Waals surface area contributed by atoms with Gasteiger partial charge in [-0.2, -0.15) is 0 Å². The maximum Gasteiger partial charge on any atom is 0.0495 e. The van der Waals surface area contributed by atoms with Crippen molar-refractivity contribution in [3.63, 3.8) is 0 Å². The van der Waals surface area contributed by atoms with Gasteiger partial charge in [-0.15, -0.1) is 0 Å². The fourth-order valence-electron chi connectivity index (χ4n) is 2.47. The highest BCUT2D eigenvalue weighted by molar-refractivity contribution is 5.05. The Balaban J connectivity index is 1.87. The van der Waals surface area contributed by atoms with Gasteiger partial charge in [0.1, 0.15) is 0 Å². The molecule has 2 unspecified atom stereocenters. The van der Waals surface area contributed by atoms with Gasteiger partial charge in [-0.05, 0) is 37.4 Å². The number of nitrogens with zero attached hydrogens (tertiary/aromatic N) is 1. The molecule has 0 saturated carbocycles. The minimum atomic E-state index is 0.529. The van der Waals surface area contributed by atoms with E-state index in [2.05, 4.69) is 29.4 Å². The first-order valence-electron chi connectivity index (χ1n) is 6.59. The van der Waals surface area contributed by atoms with E-state index in [1.807, 2.05) is 12.3 Å². The van der Waals surface area contributed by atoms with E-state index < -0.39 is 0 Å². The Kier molecular flexibility index (Phi) is 4.95. The van der Waals surface area contributed by atoms with Gasteiger partial charge in [0.2, 0.25) is 0 Å². The zero-order valence-corrected chi connectivity index (χ0v) is 10.6.